The molecule has 0 radical (unpaired) electrons. The first-order valence-corrected chi connectivity index (χ1v) is 10.00. The molecule has 0 amide bonds. The summed E-state index contributed by atoms with van der Waals surface area (Å²) in [5.74, 6) is 0. The van der Waals surface area contributed by atoms with Crippen LogP contribution in [0.4, 0.5) is 0 Å². The van der Waals surface area contributed by atoms with Gasteiger partial charge < -0.3 is 10.6 Å². The van der Waals surface area contributed by atoms with Crippen molar-refractivity contribution in [1.29, 1.82) is 0 Å². The van der Waals surface area contributed by atoms with E-state index in [1.165, 1.54) is 77.2 Å². The Hall–Kier alpha value is -0.350. The van der Waals surface area contributed by atoms with Crippen LogP contribution >= 0.6 is 12.2 Å². The third kappa shape index (κ3) is 4.14. The van der Waals surface area contributed by atoms with Crippen LogP contribution in [0.25, 0.3) is 0 Å². The molecule has 3 aliphatic rings. The van der Waals surface area contributed by atoms with Gasteiger partial charge in [0.05, 0.1) is 0 Å². The zero-order valence-corrected chi connectivity index (χ0v) is 15.0. The fourth-order valence-electron chi connectivity index (χ4n) is 4.88. The van der Waals surface area contributed by atoms with Crippen LogP contribution in [0.2, 0.25) is 0 Å². The Kier molecular flexibility index (Phi) is 5.97. The molecule has 0 aromatic rings. The normalized spacial score (nSPS) is 33.4. The average molecular weight is 324 g/mol. The average Bonchev–Trinajstić information content (AvgIpc) is 2.49. The molecule has 2 aliphatic heterocycles. The number of rotatable bonds is 4. The molecule has 0 spiro atoms. The molecule has 3 fully saturated rings. The van der Waals surface area contributed by atoms with Gasteiger partial charge in [-0.15, -0.1) is 0 Å². The highest BCUT2D eigenvalue weighted by Crippen LogP contribution is 2.34. The first-order chi connectivity index (χ1) is 10.8. The van der Waals surface area contributed by atoms with Crippen LogP contribution in [-0.4, -0.2) is 40.7 Å². The van der Waals surface area contributed by atoms with Gasteiger partial charge in [0.25, 0.3) is 0 Å². The predicted molar refractivity (Wildman–Crippen MR) is 97.2 cm³/mol. The SMILES string of the molecule is CCCN1C2CCCC1CC(NC(=S)NC1CCCCC1)C2. The Morgan fingerprint density at radius 1 is 0.909 bits per heavy atom. The molecule has 126 valence electrons. The van der Waals surface area contributed by atoms with E-state index in [4.69, 9.17) is 12.2 Å². The Balaban J connectivity index is 1.48. The minimum atomic E-state index is 0.590. The lowest BCUT2D eigenvalue weighted by Gasteiger charge is -2.49. The van der Waals surface area contributed by atoms with E-state index in [1.807, 2.05) is 0 Å². The highest BCUT2D eigenvalue weighted by Gasteiger charge is 2.37. The molecule has 2 saturated heterocycles. The van der Waals surface area contributed by atoms with Gasteiger partial charge in [-0.2, -0.15) is 0 Å². The van der Waals surface area contributed by atoms with Gasteiger partial charge in [0.1, 0.15) is 0 Å². The maximum atomic E-state index is 5.59. The summed E-state index contributed by atoms with van der Waals surface area (Å²) in [6.07, 6.45) is 14.8. The lowest BCUT2D eigenvalue weighted by molar-refractivity contribution is 0.0282. The minimum Gasteiger partial charge on any atom is -0.360 e. The molecule has 3 rings (SSSR count). The Morgan fingerprint density at radius 3 is 2.18 bits per heavy atom. The fourth-order valence-corrected chi connectivity index (χ4v) is 5.21. The summed E-state index contributed by atoms with van der Waals surface area (Å²) in [4.78, 5) is 2.79. The lowest BCUT2D eigenvalue weighted by atomic mass is 9.81. The Morgan fingerprint density at radius 2 is 1.55 bits per heavy atom. The van der Waals surface area contributed by atoms with Crippen molar-refractivity contribution in [2.24, 2.45) is 0 Å². The number of fused-ring (bicyclic) bond motifs is 2. The molecule has 4 heteroatoms. The van der Waals surface area contributed by atoms with Crippen LogP contribution in [0.3, 0.4) is 0 Å². The molecule has 2 unspecified atom stereocenters. The molecule has 2 bridgehead atoms. The van der Waals surface area contributed by atoms with Crippen LogP contribution in [0.5, 0.6) is 0 Å². The van der Waals surface area contributed by atoms with E-state index in [9.17, 15) is 0 Å². The van der Waals surface area contributed by atoms with Crippen LogP contribution in [-0.2, 0) is 0 Å². The van der Waals surface area contributed by atoms with E-state index in [2.05, 4.69) is 22.5 Å². The maximum Gasteiger partial charge on any atom is 0.166 e. The first kappa shape index (κ1) is 16.5. The first-order valence-electron chi connectivity index (χ1n) is 9.59. The second kappa shape index (κ2) is 7.96. The fraction of sp³-hybridized carbons (Fsp3) is 0.944. The van der Waals surface area contributed by atoms with E-state index in [0.29, 0.717) is 12.1 Å². The molecule has 22 heavy (non-hydrogen) atoms. The molecule has 2 N–H and O–H groups in total. The zero-order valence-electron chi connectivity index (χ0n) is 14.2. The Bertz CT molecular complexity index is 353. The highest BCUT2D eigenvalue weighted by molar-refractivity contribution is 7.80. The molecule has 0 aromatic carbocycles. The summed E-state index contributed by atoms with van der Waals surface area (Å²) in [6.45, 7) is 3.59. The minimum absolute atomic E-state index is 0.590. The van der Waals surface area contributed by atoms with Gasteiger partial charge in [0.15, 0.2) is 5.11 Å². The summed E-state index contributed by atoms with van der Waals surface area (Å²) in [6, 6.07) is 2.80. The van der Waals surface area contributed by atoms with E-state index < -0.39 is 0 Å². The largest absolute Gasteiger partial charge is 0.360 e. The molecular weight excluding hydrogens is 290 g/mol. The summed E-state index contributed by atoms with van der Waals surface area (Å²) >= 11 is 5.59. The van der Waals surface area contributed by atoms with Crippen molar-refractivity contribution in [3.8, 4) is 0 Å². The summed E-state index contributed by atoms with van der Waals surface area (Å²) in [5, 5.41) is 8.14. The van der Waals surface area contributed by atoms with Gasteiger partial charge in [-0.1, -0.05) is 32.6 Å². The van der Waals surface area contributed by atoms with Crippen LogP contribution in [0.1, 0.15) is 77.6 Å². The number of thiocarbonyl (C=S) groups is 1. The van der Waals surface area contributed by atoms with Gasteiger partial charge in [-0.25, -0.2) is 0 Å². The number of hydrogen-bond acceptors (Lipinski definition) is 2. The van der Waals surface area contributed by atoms with Crippen molar-refractivity contribution in [1.82, 2.24) is 15.5 Å². The zero-order chi connectivity index (χ0) is 15.4. The molecule has 2 atom stereocenters. The van der Waals surface area contributed by atoms with Gasteiger partial charge >= 0.3 is 0 Å². The number of nitrogens with one attached hydrogen (secondary N) is 2. The van der Waals surface area contributed by atoms with Crippen molar-refractivity contribution in [2.75, 3.05) is 6.54 Å². The van der Waals surface area contributed by atoms with Crippen molar-refractivity contribution in [3.63, 3.8) is 0 Å². The third-order valence-electron chi connectivity index (χ3n) is 5.88. The number of piperidine rings is 2. The van der Waals surface area contributed by atoms with Crippen molar-refractivity contribution in [3.05, 3.63) is 0 Å². The standard InChI is InChI=1S/C18H33N3S/c1-2-11-21-16-9-6-10-17(21)13-15(12-16)20-18(22)19-14-7-4-3-5-8-14/h14-17H,2-13H2,1H3,(H2,19,20,22). The number of nitrogens with zero attached hydrogens (tertiary/aromatic N) is 1. The third-order valence-corrected chi connectivity index (χ3v) is 6.12. The topological polar surface area (TPSA) is 27.3 Å². The number of hydrogen-bond donors (Lipinski definition) is 2. The Labute approximate surface area is 141 Å². The monoisotopic (exact) mass is 323 g/mol. The molecule has 1 aliphatic carbocycles. The van der Waals surface area contributed by atoms with Crippen molar-refractivity contribution < 1.29 is 0 Å². The van der Waals surface area contributed by atoms with E-state index >= 15 is 0 Å². The molecule has 3 nitrogen and oxygen atoms in total. The van der Waals surface area contributed by atoms with Crippen molar-refractivity contribution >= 4 is 17.3 Å². The quantitative estimate of drug-likeness (QED) is 0.773. The highest BCUT2D eigenvalue weighted by atomic mass is 32.1. The van der Waals surface area contributed by atoms with Crippen LogP contribution in [0.15, 0.2) is 0 Å². The van der Waals surface area contributed by atoms with Crippen LogP contribution < -0.4 is 10.6 Å². The lowest BCUT2D eigenvalue weighted by Crippen LogP contribution is -2.58. The molecule has 0 aromatic heterocycles. The smallest absolute Gasteiger partial charge is 0.166 e. The van der Waals surface area contributed by atoms with Gasteiger partial charge in [-0.3, -0.25) is 4.90 Å². The van der Waals surface area contributed by atoms with Crippen molar-refractivity contribution in [2.45, 2.75) is 102 Å². The second-order valence-electron chi connectivity index (χ2n) is 7.60. The predicted octanol–water partition coefficient (Wildman–Crippen LogP) is 3.58. The molecule has 2 heterocycles. The van der Waals surface area contributed by atoms with E-state index in [1.54, 1.807) is 0 Å². The van der Waals surface area contributed by atoms with Gasteiger partial charge in [-0.05, 0) is 63.7 Å². The summed E-state index contributed by atoms with van der Waals surface area (Å²) < 4.78 is 0. The summed E-state index contributed by atoms with van der Waals surface area (Å²) in [7, 11) is 0. The van der Waals surface area contributed by atoms with E-state index in [0.717, 1.165) is 17.2 Å². The second-order valence-corrected chi connectivity index (χ2v) is 8.01. The molecular formula is C18H33N3S. The maximum absolute atomic E-state index is 5.59. The van der Waals surface area contributed by atoms with Gasteiger partial charge in [0.2, 0.25) is 0 Å². The molecule has 1 saturated carbocycles. The summed E-state index contributed by atoms with van der Waals surface area (Å²) in [5.41, 5.74) is 0. The van der Waals surface area contributed by atoms with E-state index in [-0.39, 0.29) is 0 Å². The van der Waals surface area contributed by atoms with Gasteiger partial charge in [0, 0.05) is 24.2 Å². The van der Waals surface area contributed by atoms with Crippen LogP contribution in [0, 0.1) is 0 Å².